The molecule has 0 spiro atoms. The Morgan fingerprint density at radius 1 is 1.05 bits per heavy atom. The second-order valence-electron chi connectivity index (χ2n) is 10.4. The van der Waals surface area contributed by atoms with Crippen molar-refractivity contribution in [2.24, 2.45) is 0 Å². The molecule has 1 unspecified atom stereocenters. The summed E-state index contributed by atoms with van der Waals surface area (Å²) in [6.07, 6.45) is 2.05. The molecule has 1 aliphatic rings. The van der Waals surface area contributed by atoms with Crippen LogP contribution in [0.15, 0.2) is 47.5 Å². The SMILES string of the molecule is CN(C(=O)c1cc2ccc(F)cn2c1)C1CN(C(=O)OC(C)(C)C)Cc2[nH]c(=O)c3cc(F)c(F)cc3c21. The lowest BCUT2D eigenvalue weighted by Gasteiger charge is -2.39. The van der Waals surface area contributed by atoms with Crippen LogP contribution < -0.4 is 5.56 Å². The summed E-state index contributed by atoms with van der Waals surface area (Å²) in [7, 11) is 1.51. The van der Waals surface area contributed by atoms with Crippen LogP contribution in [0, 0.1) is 17.5 Å². The molecular weight excluding hydrogens is 501 g/mol. The molecule has 0 fully saturated rings. The summed E-state index contributed by atoms with van der Waals surface area (Å²) in [5.74, 6) is -3.26. The fourth-order valence-corrected chi connectivity index (χ4v) is 4.78. The Labute approximate surface area is 215 Å². The van der Waals surface area contributed by atoms with Crippen LogP contribution in [0.1, 0.15) is 48.4 Å². The van der Waals surface area contributed by atoms with Crippen molar-refractivity contribution in [1.29, 1.82) is 0 Å². The number of carbonyl (C=O) groups excluding carboxylic acids is 2. The van der Waals surface area contributed by atoms with Gasteiger partial charge in [-0.1, -0.05) is 0 Å². The van der Waals surface area contributed by atoms with Crippen LogP contribution in [0.5, 0.6) is 0 Å². The van der Waals surface area contributed by atoms with Gasteiger partial charge in [0.15, 0.2) is 11.6 Å². The molecule has 5 rings (SSSR count). The number of rotatable bonds is 2. The highest BCUT2D eigenvalue weighted by molar-refractivity contribution is 5.96. The van der Waals surface area contributed by atoms with E-state index in [0.717, 1.165) is 12.1 Å². The van der Waals surface area contributed by atoms with Gasteiger partial charge in [-0.2, -0.15) is 0 Å². The number of halogens is 3. The quantitative estimate of drug-likeness (QED) is 0.408. The van der Waals surface area contributed by atoms with Crippen LogP contribution in [0.25, 0.3) is 16.3 Å². The normalized spacial score (nSPS) is 15.6. The zero-order valence-corrected chi connectivity index (χ0v) is 21.1. The van der Waals surface area contributed by atoms with Crippen molar-refractivity contribution in [2.45, 2.75) is 39.0 Å². The number of nitrogens with one attached hydrogen (secondary N) is 1. The third kappa shape index (κ3) is 4.48. The van der Waals surface area contributed by atoms with Gasteiger partial charge in [0.1, 0.15) is 11.4 Å². The van der Waals surface area contributed by atoms with Gasteiger partial charge in [-0.15, -0.1) is 0 Å². The van der Waals surface area contributed by atoms with Gasteiger partial charge in [-0.25, -0.2) is 18.0 Å². The van der Waals surface area contributed by atoms with Crippen molar-refractivity contribution in [1.82, 2.24) is 19.2 Å². The fraction of sp³-hybridized carbons (Fsp3) is 0.296. The Morgan fingerprint density at radius 2 is 1.74 bits per heavy atom. The summed E-state index contributed by atoms with van der Waals surface area (Å²) in [6.45, 7) is 5.03. The number of benzene rings is 1. The van der Waals surface area contributed by atoms with Gasteiger partial charge in [0, 0.05) is 42.8 Å². The van der Waals surface area contributed by atoms with Crippen LogP contribution in [0.3, 0.4) is 0 Å². The van der Waals surface area contributed by atoms with Crippen molar-refractivity contribution < 1.29 is 27.5 Å². The van der Waals surface area contributed by atoms with E-state index in [4.69, 9.17) is 4.74 Å². The highest BCUT2D eigenvalue weighted by atomic mass is 19.2. The Bertz CT molecular complexity index is 1670. The molecule has 0 bridgehead atoms. The number of nitrogens with zero attached hydrogens (tertiary/aromatic N) is 3. The van der Waals surface area contributed by atoms with Crippen LogP contribution in [-0.4, -0.2) is 50.4 Å². The summed E-state index contributed by atoms with van der Waals surface area (Å²) in [5.41, 5.74) is 0.0591. The van der Waals surface area contributed by atoms with Crippen molar-refractivity contribution >= 4 is 28.3 Å². The van der Waals surface area contributed by atoms with Crippen LogP contribution in [-0.2, 0) is 11.3 Å². The fourth-order valence-electron chi connectivity index (χ4n) is 4.78. The number of hydrogen-bond donors (Lipinski definition) is 1. The van der Waals surface area contributed by atoms with Gasteiger partial charge >= 0.3 is 6.09 Å². The van der Waals surface area contributed by atoms with E-state index in [9.17, 15) is 27.6 Å². The number of aromatic amines is 1. The Balaban J connectivity index is 1.63. The number of H-pyrrole nitrogens is 1. The van der Waals surface area contributed by atoms with E-state index in [1.165, 1.54) is 45.8 Å². The summed E-state index contributed by atoms with van der Waals surface area (Å²) < 4.78 is 49.1. The second kappa shape index (κ2) is 8.93. The zero-order valence-electron chi connectivity index (χ0n) is 21.1. The number of carbonyl (C=O) groups is 2. The molecule has 1 aliphatic heterocycles. The van der Waals surface area contributed by atoms with Crippen LogP contribution >= 0.6 is 0 Å². The van der Waals surface area contributed by atoms with Gasteiger partial charge in [0.25, 0.3) is 11.5 Å². The molecule has 3 aromatic heterocycles. The van der Waals surface area contributed by atoms with Crippen molar-refractivity contribution in [3.05, 3.63) is 87.4 Å². The van der Waals surface area contributed by atoms with Gasteiger partial charge in [0.2, 0.25) is 0 Å². The van der Waals surface area contributed by atoms with Gasteiger partial charge in [0.05, 0.1) is 23.5 Å². The smallest absolute Gasteiger partial charge is 0.410 e. The molecule has 2 amide bonds. The average molecular weight is 527 g/mol. The van der Waals surface area contributed by atoms with E-state index in [-0.39, 0.29) is 35.1 Å². The number of ether oxygens (including phenoxy) is 1. The summed E-state index contributed by atoms with van der Waals surface area (Å²) in [5, 5.41) is 0.0598. The van der Waals surface area contributed by atoms with Crippen molar-refractivity contribution in [3.63, 3.8) is 0 Å². The molecule has 0 aliphatic carbocycles. The minimum Gasteiger partial charge on any atom is -0.444 e. The molecule has 4 heterocycles. The molecule has 0 radical (unpaired) electrons. The zero-order chi connectivity index (χ0) is 27.5. The molecule has 1 aromatic carbocycles. The molecule has 4 aromatic rings. The summed E-state index contributed by atoms with van der Waals surface area (Å²) in [6, 6.07) is 5.29. The van der Waals surface area contributed by atoms with E-state index < -0.39 is 46.7 Å². The summed E-state index contributed by atoms with van der Waals surface area (Å²) >= 11 is 0. The summed E-state index contributed by atoms with van der Waals surface area (Å²) in [4.78, 5) is 44.8. The Hall–Kier alpha value is -4.28. The van der Waals surface area contributed by atoms with E-state index in [1.807, 2.05) is 0 Å². The molecule has 198 valence electrons. The number of amides is 2. The first-order valence-electron chi connectivity index (χ1n) is 11.9. The van der Waals surface area contributed by atoms with Gasteiger partial charge in [-0.05, 0) is 56.5 Å². The maximum Gasteiger partial charge on any atom is 0.410 e. The number of likely N-dealkylation sites (N-methyl/N-ethyl adjacent to an activating group) is 1. The van der Waals surface area contributed by atoms with E-state index >= 15 is 0 Å². The first-order valence-corrected chi connectivity index (χ1v) is 11.9. The second-order valence-corrected chi connectivity index (χ2v) is 10.4. The molecular formula is C27H25F3N4O4. The molecule has 11 heteroatoms. The lowest BCUT2D eigenvalue weighted by Crippen LogP contribution is -2.47. The van der Waals surface area contributed by atoms with Gasteiger partial charge < -0.3 is 19.0 Å². The third-order valence-electron chi connectivity index (χ3n) is 6.50. The third-order valence-corrected chi connectivity index (χ3v) is 6.50. The maximum absolute atomic E-state index is 14.4. The maximum atomic E-state index is 14.4. The van der Waals surface area contributed by atoms with Crippen molar-refractivity contribution in [3.8, 4) is 0 Å². The van der Waals surface area contributed by atoms with Crippen molar-refractivity contribution in [2.75, 3.05) is 13.6 Å². The van der Waals surface area contributed by atoms with E-state index in [0.29, 0.717) is 11.1 Å². The molecule has 0 saturated heterocycles. The number of pyridine rings is 2. The number of fused-ring (bicyclic) bond motifs is 4. The van der Waals surface area contributed by atoms with Crippen LogP contribution in [0.4, 0.5) is 18.0 Å². The Morgan fingerprint density at radius 3 is 2.42 bits per heavy atom. The minimum atomic E-state index is -1.18. The molecule has 1 N–H and O–H groups in total. The minimum absolute atomic E-state index is 0.0354. The van der Waals surface area contributed by atoms with E-state index in [2.05, 4.69) is 4.98 Å². The molecule has 1 atom stereocenters. The first kappa shape index (κ1) is 25.4. The topological polar surface area (TPSA) is 87.1 Å². The standard InChI is InChI=1S/C27H25F3N4O4/c1-27(2,3)38-26(37)34-12-21-23(17-8-19(29)20(30)9-18(17)24(35)31-21)22(13-34)32(4)25(36)14-7-16-6-5-15(28)11-33(16)10-14/h5-11,22H,12-13H2,1-4H3,(H,31,35). The monoisotopic (exact) mass is 526 g/mol. The Kier molecular flexibility index (Phi) is 5.96. The molecule has 8 nitrogen and oxygen atoms in total. The highest BCUT2D eigenvalue weighted by Gasteiger charge is 2.37. The lowest BCUT2D eigenvalue weighted by atomic mass is 9.92. The largest absolute Gasteiger partial charge is 0.444 e. The molecule has 38 heavy (non-hydrogen) atoms. The number of aromatic nitrogens is 2. The highest BCUT2D eigenvalue weighted by Crippen LogP contribution is 2.36. The lowest BCUT2D eigenvalue weighted by molar-refractivity contribution is 0.0142. The van der Waals surface area contributed by atoms with E-state index in [1.54, 1.807) is 26.8 Å². The van der Waals surface area contributed by atoms with Gasteiger partial charge in [-0.3, -0.25) is 14.5 Å². The predicted octanol–water partition coefficient (Wildman–Crippen LogP) is 4.76. The number of hydrogen-bond acceptors (Lipinski definition) is 4. The average Bonchev–Trinajstić information content (AvgIpc) is 3.25. The molecule has 0 saturated carbocycles. The van der Waals surface area contributed by atoms with Crippen LogP contribution in [0.2, 0.25) is 0 Å². The first-order chi connectivity index (χ1) is 17.8. The predicted molar refractivity (Wildman–Crippen MR) is 133 cm³/mol.